The molecule has 0 unspecified atom stereocenters. The third-order valence-electron chi connectivity index (χ3n) is 3.60. The van der Waals surface area contributed by atoms with Crippen molar-refractivity contribution in [3.63, 3.8) is 0 Å². The van der Waals surface area contributed by atoms with Crippen molar-refractivity contribution in [2.24, 2.45) is 0 Å². The summed E-state index contributed by atoms with van der Waals surface area (Å²) in [5.74, 6) is 0.359. The first-order valence-electron chi connectivity index (χ1n) is 8.29. The largest absolute Gasteiger partial charge is 0.494 e. The highest BCUT2D eigenvalue weighted by molar-refractivity contribution is 5.94. The average Bonchev–Trinajstić information content (AvgIpc) is 2.62. The summed E-state index contributed by atoms with van der Waals surface area (Å²) in [5, 5.41) is 5.65. The lowest BCUT2D eigenvalue weighted by Gasteiger charge is -2.12. The van der Waals surface area contributed by atoms with E-state index in [-0.39, 0.29) is 11.8 Å². The van der Waals surface area contributed by atoms with Gasteiger partial charge < -0.3 is 15.4 Å². The monoisotopic (exact) mass is 341 g/mol. The first-order valence-corrected chi connectivity index (χ1v) is 8.29. The third kappa shape index (κ3) is 5.91. The number of nitrogens with one attached hydrogen (secondary N) is 2. The molecule has 0 aliphatic carbocycles. The lowest BCUT2D eigenvalue weighted by atomic mass is 10.1. The third-order valence-corrected chi connectivity index (χ3v) is 3.60. The molecule has 2 rings (SSSR count). The predicted octanol–water partition coefficient (Wildman–Crippen LogP) is 3.40. The number of carbonyl (C=O) groups is 2. The molecule has 6 nitrogen and oxygen atoms in total. The molecule has 2 amide bonds. The minimum Gasteiger partial charge on any atom is -0.494 e. The molecule has 6 heteroatoms. The Morgan fingerprint density at radius 3 is 2.60 bits per heavy atom. The van der Waals surface area contributed by atoms with E-state index in [1.165, 1.54) is 7.11 Å². The van der Waals surface area contributed by atoms with Crippen LogP contribution in [-0.4, -0.2) is 23.9 Å². The maximum atomic E-state index is 12.1. The van der Waals surface area contributed by atoms with Gasteiger partial charge in [0, 0.05) is 37.0 Å². The molecule has 0 radical (unpaired) electrons. The van der Waals surface area contributed by atoms with Gasteiger partial charge in [-0.2, -0.15) is 0 Å². The van der Waals surface area contributed by atoms with Gasteiger partial charge in [0.25, 0.3) is 0 Å². The smallest absolute Gasteiger partial charge is 0.224 e. The van der Waals surface area contributed by atoms with Gasteiger partial charge in [0.15, 0.2) is 0 Å². The van der Waals surface area contributed by atoms with E-state index in [1.54, 1.807) is 30.6 Å². The Balaban J connectivity index is 1.95. The molecule has 1 aromatic heterocycles. The van der Waals surface area contributed by atoms with Crippen LogP contribution in [-0.2, 0) is 16.0 Å². The van der Waals surface area contributed by atoms with Crippen LogP contribution < -0.4 is 15.4 Å². The second kappa shape index (κ2) is 9.42. The SMILES string of the molecule is CCCC(=O)Nc1ccc(NC(=O)CCc2cccnc2)cc1OC. The van der Waals surface area contributed by atoms with Crippen LogP contribution >= 0.6 is 0 Å². The summed E-state index contributed by atoms with van der Waals surface area (Å²) in [4.78, 5) is 27.8. The first-order chi connectivity index (χ1) is 12.1. The van der Waals surface area contributed by atoms with E-state index in [1.807, 2.05) is 19.1 Å². The van der Waals surface area contributed by atoms with E-state index in [4.69, 9.17) is 4.74 Å². The maximum absolute atomic E-state index is 12.1. The normalized spacial score (nSPS) is 10.2. The van der Waals surface area contributed by atoms with Gasteiger partial charge in [-0.05, 0) is 36.6 Å². The zero-order valence-corrected chi connectivity index (χ0v) is 14.5. The molecule has 2 aromatic rings. The van der Waals surface area contributed by atoms with Crippen LogP contribution in [0, 0.1) is 0 Å². The lowest BCUT2D eigenvalue weighted by molar-refractivity contribution is -0.117. The number of methoxy groups -OCH3 is 1. The van der Waals surface area contributed by atoms with Crippen molar-refractivity contribution >= 4 is 23.2 Å². The summed E-state index contributed by atoms with van der Waals surface area (Å²) in [6.07, 6.45) is 5.68. The maximum Gasteiger partial charge on any atom is 0.224 e. The van der Waals surface area contributed by atoms with Crippen molar-refractivity contribution in [2.75, 3.05) is 17.7 Å². The summed E-state index contributed by atoms with van der Waals surface area (Å²) in [5.41, 5.74) is 2.24. The highest BCUT2D eigenvalue weighted by Crippen LogP contribution is 2.28. The number of ether oxygens (including phenoxy) is 1. The van der Waals surface area contributed by atoms with Crippen LogP contribution in [0.15, 0.2) is 42.7 Å². The second-order valence-electron chi connectivity index (χ2n) is 5.62. The van der Waals surface area contributed by atoms with Gasteiger partial charge in [-0.15, -0.1) is 0 Å². The highest BCUT2D eigenvalue weighted by Gasteiger charge is 2.10. The molecule has 0 aliphatic heterocycles. The number of aryl methyl sites for hydroxylation is 1. The van der Waals surface area contributed by atoms with E-state index in [0.717, 1.165) is 12.0 Å². The molecule has 2 N–H and O–H groups in total. The summed E-state index contributed by atoms with van der Waals surface area (Å²) in [7, 11) is 1.53. The van der Waals surface area contributed by atoms with E-state index in [0.29, 0.717) is 36.4 Å². The Morgan fingerprint density at radius 1 is 1.12 bits per heavy atom. The number of pyridine rings is 1. The molecule has 0 bridgehead atoms. The van der Waals surface area contributed by atoms with Crippen molar-refractivity contribution < 1.29 is 14.3 Å². The number of hydrogen-bond donors (Lipinski definition) is 2. The molecule has 1 aromatic carbocycles. The highest BCUT2D eigenvalue weighted by atomic mass is 16.5. The van der Waals surface area contributed by atoms with Crippen molar-refractivity contribution in [1.29, 1.82) is 0 Å². The predicted molar refractivity (Wildman–Crippen MR) is 97.7 cm³/mol. The van der Waals surface area contributed by atoms with Gasteiger partial charge in [-0.25, -0.2) is 0 Å². The molecule has 0 spiro atoms. The minimum absolute atomic E-state index is 0.0611. The number of amides is 2. The Bertz CT molecular complexity index is 717. The Morgan fingerprint density at radius 2 is 1.92 bits per heavy atom. The van der Waals surface area contributed by atoms with Crippen molar-refractivity contribution in [3.8, 4) is 5.75 Å². The molecule has 0 fully saturated rings. The standard InChI is InChI=1S/C19H23N3O3/c1-3-5-18(23)22-16-9-8-15(12-17(16)25-2)21-19(24)10-7-14-6-4-11-20-13-14/h4,6,8-9,11-13H,3,5,7,10H2,1-2H3,(H,21,24)(H,22,23). The van der Waals surface area contributed by atoms with Crippen LogP contribution in [0.4, 0.5) is 11.4 Å². The van der Waals surface area contributed by atoms with Gasteiger partial charge in [0.1, 0.15) is 5.75 Å². The van der Waals surface area contributed by atoms with Crippen molar-refractivity contribution in [1.82, 2.24) is 4.98 Å². The zero-order valence-electron chi connectivity index (χ0n) is 14.5. The minimum atomic E-state index is -0.0892. The number of benzene rings is 1. The lowest BCUT2D eigenvalue weighted by Crippen LogP contribution is -2.14. The number of aromatic nitrogens is 1. The van der Waals surface area contributed by atoms with Gasteiger partial charge in [0.05, 0.1) is 12.8 Å². The average molecular weight is 341 g/mol. The summed E-state index contributed by atoms with van der Waals surface area (Å²) in [6, 6.07) is 8.96. The molecule has 132 valence electrons. The van der Waals surface area contributed by atoms with Gasteiger partial charge >= 0.3 is 0 Å². The number of carbonyl (C=O) groups excluding carboxylic acids is 2. The number of nitrogens with zero attached hydrogens (tertiary/aromatic N) is 1. The van der Waals surface area contributed by atoms with Crippen LogP contribution in [0.3, 0.4) is 0 Å². The summed E-state index contributed by atoms with van der Waals surface area (Å²) in [6.45, 7) is 1.95. The fourth-order valence-electron chi connectivity index (χ4n) is 2.34. The van der Waals surface area contributed by atoms with Gasteiger partial charge in [-0.3, -0.25) is 14.6 Å². The molecule has 0 saturated carbocycles. The number of rotatable bonds is 8. The second-order valence-corrected chi connectivity index (χ2v) is 5.62. The Labute approximate surface area is 147 Å². The molecular weight excluding hydrogens is 318 g/mol. The Kier molecular flexibility index (Phi) is 6.95. The van der Waals surface area contributed by atoms with E-state index < -0.39 is 0 Å². The van der Waals surface area contributed by atoms with E-state index >= 15 is 0 Å². The van der Waals surface area contributed by atoms with Crippen molar-refractivity contribution in [2.45, 2.75) is 32.6 Å². The fraction of sp³-hybridized carbons (Fsp3) is 0.316. The van der Waals surface area contributed by atoms with Crippen LogP contribution in [0.2, 0.25) is 0 Å². The molecular formula is C19H23N3O3. The van der Waals surface area contributed by atoms with Crippen LogP contribution in [0.5, 0.6) is 5.75 Å². The topological polar surface area (TPSA) is 80.3 Å². The molecule has 1 heterocycles. The van der Waals surface area contributed by atoms with Gasteiger partial charge in [-0.1, -0.05) is 13.0 Å². The quantitative estimate of drug-likeness (QED) is 0.771. The number of hydrogen-bond acceptors (Lipinski definition) is 4. The fourth-order valence-corrected chi connectivity index (χ4v) is 2.34. The van der Waals surface area contributed by atoms with Crippen LogP contribution in [0.25, 0.3) is 0 Å². The zero-order chi connectivity index (χ0) is 18.1. The Hall–Kier alpha value is -2.89. The summed E-state index contributed by atoms with van der Waals surface area (Å²) < 4.78 is 5.30. The molecule has 25 heavy (non-hydrogen) atoms. The molecule has 0 saturated heterocycles. The van der Waals surface area contributed by atoms with E-state index in [2.05, 4.69) is 15.6 Å². The van der Waals surface area contributed by atoms with Crippen molar-refractivity contribution in [3.05, 3.63) is 48.3 Å². The van der Waals surface area contributed by atoms with Crippen LogP contribution in [0.1, 0.15) is 31.7 Å². The molecule has 0 atom stereocenters. The summed E-state index contributed by atoms with van der Waals surface area (Å²) >= 11 is 0. The number of anilines is 2. The first kappa shape index (κ1) is 18.4. The molecule has 0 aliphatic rings. The van der Waals surface area contributed by atoms with Gasteiger partial charge in [0.2, 0.25) is 11.8 Å². The van der Waals surface area contributed by atoms with E-state index in [9.17, 15) is 9.59 Å².